The van der Waals surface area contributed by atoms with Crippen molar-refractivity contribution in [2.75, 3.05) is 13.7 Å². The van der Waals surface area contributed by atoms with Gasteiger partial charge in [0.15, 0.2) is 0 Å². The molecule has 0 radical (unpaired) electrons. The fourth-order valence-electron chi connectivity index (χ4n) is 2.49. The Hall–Kier alpha value is -0.910. The van der Waals surface area contributed by atoms with Crippen molar-refractivity contribution in [3.63, 3.8) is 0 Å². The van der Waals surface area contributed by atoms with E-state index >= 15 is 0 Å². The average molecular weight is 328 g/mol. The number of rotatable bonds is 4. The lowest BCUT2D eigenvalue weighted by molar-refractivity contribution is 0.0697. The number of carboxylic acids is 1. The number of benzene rings is 1. The molecule has 1 saturated heterocycles. The van der Waals surface area contributed by atoms with Crippen LogP contribution in [0.3, 0.4) is 0 Å². The van der Waals surface area contributed by atoms with Crippen LogP contribution in [0.5, 0.6) is 0 Å². The van der Waals surface area contributed by atoms with Crippen molar-refractivity contribution in [3.05, 3.63) is 33.8 Å². The van der Waals surface area contributed by atoms with Crippen LogP contribution >= 0.6 is 15.9 Å². The van der Waals surface area contributed by atoms with E-state index in [1.165, 1.54) is 0 Å². The topological polar surface area (TPSA) is 49.8 Å². The first-order valence-electron chi connectivity index (χ1n) is 6.32. The first-order valence-corrected chi connectivity index (χ1v) is 7.12. The highest BCUT2D eigenvalue weighted by Gasteiger charge is 2.27. The van der Waals surface area contributed by atoms with E-state index in [0.29, 0.717) is 11.6 Å². The van der Waals surface area contributed by atoms with Gasteiger partial charge in [0.05, 0.1) is 11.7 Å². The number of carboxylic acid groups (broad SMARTS) is 1. The van der Waals surface area contributed by atoms with E-state index < -0.39 is 5.97 Å². The summed E-state index contributed by atoms with van der Waals surface area (Å²) in [5.74, 6) is -0.904. The molecule has 1 heterocycles. The molecule has 1 aliphatic heterocycles. The van der Waals surface area contributed by atoms with E-state index in [4.69, 9.17) is 9.84 Å². The fraction of sp³-hybridized carbons (Fsp3) is 0.500. The third-order valence-corrected chi connectivity index (χ3v) is 4.36. The molecule has 0 bridgehead atoms. The van der Waals surface area contributed by atoms with Gasteiger partial charge >= 0.3 is 5.97 Å². The van der Waals surface area contributed by atoms with Gasteiger partial charge in [0.1, 0.15) is 0 Å². The standard InChI is InChI=1S/C14H18BrNO3/c1-9-13(5-6-19-9)16(2)8-11-4-3-10(14(17)18)7-12(11)15/h3-4,7,9,13H,5-6,8H2,1-2H3,(H,17,18). The third-order valence-electron chi connectivity index (χ3n) is 3.62. The molecule has 0 spiro atoms. The van der Waals surface area contributed by atoms with E-state index in [9.17, 15) is 4.79 Å². The molecule has 104 valence electrons. The number of likely N-dealkylation sites (N-methyl/N-ethyl adjacent to an activating group) is 1. The van der Waals surface area contributed by atoms with Crippen LogP contribution in [0.25, 0.3) is 0 Å². The summed E-state index contributed by atoms with van der Waals surface area (Å²) in [6.45, 7) is 3.69. The molecule has 2 rings (SSSR count). The summed E-state index contributed by atoms with van der Waals surface area (Å²) in [6.07, 6.45) is 1.30. The lowest BCUT2D eigenvalue weighted by Crippen LogP contribution is -2.36. The summed E-state index contributed by atoms with van der Waals surface area (Å²) in [7, 11) is 2.08. The molecule has 0 aromatic heterocycles. The van der Waals surface area contributed by atoms with Crippen LogP contribution < -0.4 is 0 Å². The number of hydrogen-bond donors (Lipinski definition) is 1. The zero-order valence-corrected chi connectivity index (χ0v) is 12.7. The van der Waals surface area contributed by atoms with Gasteiger partial charge in [-0.05, 0) is 38.1 Å². The monoisotopic (exact) mass is 327 g/mol. The third kappa shape index (κ3) is 3.35. The van der Waals surface area contributed by atoms with Crippen molar-refractivity contribution in [2.45, 2.75) is 32.0 Å². The van der Waals surface area contributed by atoms with Crippen molar-refractivity contribution in [3.8, 4) is 0 Å². The molecule has 5 heteroatoms. The van der Waals surface area contributed by atoms with Crippen LogP contribution in [-0.4, -0.2) is 41.8 Å². The first kappa shape index (κ1) is 14.5. The maximum atomic E-state index is 10.9. The summed E-state index contributed by atoms with van der Waals surface area (Å²) in [5.41, 5.74) is 1.39. The molecule has 0 saturated carbocycles. The zero-order valence-electron chi connectivity index (χ0n) is 11.1. The van der Waals surface area contributed by atoms with E-state index in [0.717, 1.165) is 29.6 Å². The number of ether oxygens (including phenoxy) is 1. The minimum absolute atomic E-state index is 0.252. The summed E-state index contributed by atoms with van der Waals surface area (Å²) < 4.78 is 6.41. The Labute approximate surface area is 121 Å². The van der Waals surface area contributed by atoms with Crippen molar-refractivity contribution in [2.24, 2.45) is 0 Å². The molecule has 1 aliphatic rings. The second-order valence-electron chi connectivity index (χ2n) is 4.96. The molecule has 1 aromatic rings. The minimum Gasteiger partial charge on any atom is -0.478 e. The van der Waals surface area contributed by atoms with Gasteiger partial charge in [-0.2, -0.15) is 0 Å². The predicted octanol–water partition coefficient (Wildman–Crippen LogP) is 2.76. The number of nitrogens with zero attached hydrogens (tertiary/aromatic N) is 1. The molecule has 1 N–H and O–H groups in total. The van der Waals surface area contributed by atoms with Gasteiger partial charge in [-0.3, -0.25) is 4.90 Å². The maximum absolute atomic E-state index is 10.9. The quantitative estimate of drug-likeness (QED) is 0.923. The highest BCUT2D eigenvalue weighted by molar-refractivity contribution is 9.10. The Bertz CT molecular complexity index is 478. The van der Waals surface area contributed by atoms with Crippen LogP contribution in [-0.2, 0) is 11.3 Å². The van der Waals surface area contributed by atoms with Crippen molar-refractivity contribution < 1.29 is 14.6 Å². The van der Waals surface area contributed by atoms with Gasteiger partial charge in [-0.15, -0.1) is 0 Å². The molecular formula is C14H18BrNO3. The van der Waals surface area contributed by atoms with Crippen LogP contribution in [0.1, 0.15) is 29.3 Å². The second kappa shape index (κ2) is 6.03. The Kier molecular flexibility index (Phi) is 4.60. The average Bonchev–Trinajstić information content (AvgIpc) is 2.77. The van der Waals surface area contributed by atoms with Gasteiger partial charge in [-0.1, -0.05) is 22.0 Å². The maximum Gasteiger partial charge on any atom is 0.335 e. The van der Waals surface area contributed by atoms with Crippen molar-refractivity contribution in [1.82, 2.24) is 4.90 Å². The highest BCUT2D eigenvalue weighted by atomic mass is 79.9. The molecule has 1 fully saturated rings. The molecule has 0 aliphatic carbocycles. The summed E-state index contributed by atoms with van der Waals surface area (Å²) in [4.78, 5) is 13.2. The van der Waals surface area contributed by atoms with Gasteiger partial charge in [0, 0.05) is 23.7 Å². The minimum atomic E-state index is -0.904. The molecule has 19 heavy (non-hydrogen) atoms. The Morgan fingerprint density at radius 3 is 2.84 bits per heavy atom. The number of carbonyl (C=O) groups is 1. The first-order chi connectivity index (χ1) is 8.99. The van der Waals surface area contributed by atoms with Gasteiger partial charge in [0.2, 0.25) is 0 Å². The smallest absolute Gasteiger partial charge is 0.335 e. The lowest BCUT2D eigenvalue weighted by atomic mass is 10.1. The molecule has 2 unspecified atom stereocenters. The number of aromatic carboxylic acids is 1. The molecule has 0 amide bonds. The number of hydrogen-bond acceptors (Lipinski definition) is 3. The van der Waals surface area contributed by atoms with E-state index in [-0.39, 0.29) is 6.10 Å². The fourth-order valence-corrected chi connectivity index (χ4v) is 3.00. The zero-order chi connectivity index (χ0) is 14.0. The lowest BCUT2D eigenvalue weighted by Gasteiger charge is -2.27. The van der Waals surface area contributed by atoms with Crippen molar-refractivity contribution >= 4 is 21.9 Å². The predicted molar refractivity (Wildman–Crippen MR) is 76.4 cm³/mol. The molecular weight excluding hydrogens is 310 g/mol. The largest absolute Gasteiger partial charge is 0.478 e. The summed E-state index contributed by atoms with van der Waals surface area (Å²) in [6, 6.07) is 5.58. The van der Waals surface area contributed by atoms with Crippen LogP contribution in [0, 0.1) is 0 Å². The molecule has 1 aromatic carbocycles. The van der Waals surface area contributed by atoms with Gasteiger partial charge in [0.25, 0.3) is 0 Å². The van der Waals surface area contributed by atoms with Crippen molar-refractivity contribution in [1.29, 1.82) is 0 Å². The second-order valence-corrected chi connectivity index (χ2v) is 5.81. The Morgan fingerprint density at radius 2 is 2.32 bits per heavy atom. The SMILES string of the molecule is CC1OCCC1N(C)Cc1ccc(C(=O)O)cc1Br. The summed E-state index contributed by atoms with van der Waals surface area (Å²) >= 11 is 3.45. The van der Waals surface area contributed by atoms with Gasteiger partial charge < -0.3 is 9.84 Å². The van der Waals surface area contributed by atoms with E-state index in [2.05, 4.69) is 34.8 Å². The van der Waals surface area contributed by atoms with E-state index in [1.807, 2.05) is 6.07 Å². The Balaban J connectivity index is 2.08. The summed E-state index contributed by atoms with van der Waals surface area (Å²) in [5, 5.41) is 8.94. The Morgan fingerprint density at radius 1 is 1.58 bits per heavy atom. The van der Waals surface area contributed by atoms with Crippen LogP contribution in [0.15, 0.2) is 22.7 Å². The normalized spacial score (nSPS) is 22.9. The van der Waals surface area contributed by atoms with Crippen LogP contribution in [0.4, 0.5) is 0 Å². The van der Waals surface area contributed by atoms with Gasteiger partial charge in [-0.25, -0.2) is 4.79 Å². The van der Waals surface area contributed by atoms with Crippen LogP contribution in [0.2, 0.25) is 0 Å². The molecule has 4 nitrogen and oxygen atoms in total. The molecule has 2 atom stereocenters. The highest BCUT2D eigenvalue weighted by Crippen LogP contribution is 2.24. The van der Waals surface area contributed by atoms with E-state index in [1.54, 1.807) is 12.1 Å². The number of halogens is 1.